The quantitative estimate of drug-likeness (QED) is 0.617. The van der Waals surface area contributed by atoms with E-state index in [9.17, 15) is 8.42 Å². The van der Waals surface area contributed by atoms with Crippen molar-refractivity contribution >= 4 is 15.8 Å². The summed E-state index contributed by atoms with van der Waals surface area (Å²) < 4.78 is 28.7. The van der Waals surface area contributed by atoms with E-state index in [0.29, 0.717) is 19.3 Å². The number of hydrogen-bond donors (Lipinski definition) is 2. The molecule has 7 heteroatoms. The van der Waals surface area contributed by atoms with Gasteiger partial charge in [-0.1, -0.05) is 25.7 Å². The van der Waals surface area contributed by atoms with Gasteiger partial charge in [0, 0.05) is 12.7 Å². The fourth-order valence-electron chi connectivity index (χ4n) is 2.56. The molecule has 118 valence electrons. The highest BCUT2D eigenvalue weighted by Crippen LogP contribution is 2.20. The molecule has 0 radical (unpaired) electrons. The number of anilines is 1. The maximum absolute atomic E-state index is 11.4. The van der Waals surface area contributed by atoms with E-state index in [4.69, 9.17) is 9.88 Å². The van der Waals surface area contributed by atoms with Crippen LogP contribution in [0.1, 0.15) is 38.5 Å². The van der Waals surface area contributed by atoms with E-state index in [0.717, 1.165) is 12.8 Å². The third-order valence-electron chi connectivity index (χ3n) is 3.63. The van der Waals surface area contributed by atoms with Gasteiger partial charge in [0.05, 0.1) is 12.7 Å². The van der Waals surface area contributed by atoms with Crippen molar-refractivity contribution in [1.82, 2.24) is 4.98 Å². The van der Waals surface area contributed by atoms with Crippen LogP contribution in [-0.4, -0.2) is 32.7 Å². The van der Waals surface area contributed by atoms with Crippen LogP contribution in [0.4, 0.5) is 5.82 Å². The summed E-state index contributed by atoms with van der Waals surface area (Å²) in [7, 11) is -3.76. The van der Waals surface area contributed by atoms with Crippen LogP contribution in [0.25, 0.3) is 0 Å². The van der Waals surface area contributed by atoms with Crippen molar-refractivity contribution in [2.24, 2.45) is 5.14 Å². The van der Waals surface area contributed by atoms with Gasteiger partial charge in [-0.05, 0) is 25.0 Å². The number of ether oxygens (including phenoxy) is 1. The fraction of sp³-hybridized carbons (Fsp3) is 0.643. The van der Waals surface area contributed by atoms with E-state index >= 15 is 0 Å². The summed E-state index contributed by atoms with van der Waals surface area (Å²) in [5, 5.41) is 8.14. The number of nitrogens with zero attached hydrogens (tertiary/aromatic N) is 1. The van der Waals surface area contributed by atoms with Gasteiger partial charge in [0.15, 0.2) is 0 Å². The largest absolute Gasteiger partial charge is 0.376 e. The standard InChI is InChI=1S/C14H23N3O3S/c15-21(18,19)13-8-5-9-16-14(13)17-10-11-20-12-6-3-1-2-4-7-12/h5,8-9,12H,1-4,6-7,10-11H2,(H,16,17)(H2,15,18,19). The Morgan fingerprint density at radius 3 is 2.67 bits per heavy atom. The fourth-order valence-corrected chi connectivity index (χ4v) is 3.22. The van der Waals surface area contributed by atoms with Crippen molar-refractivity contribution in [2.45, 2.75) is 49.5 Å². The number of hydrogen-bond acceptors (Lipinski definition) is 5. The summed E-state index contributed by atoms with van der Waals surface area (Å²) in [6.07, 6.45) is 9.15. The summed E-state index contributed by atoms with van der Waals surface area (Å²) in [6, 6.07) is 2.99. The van der Waals surface area contributed by atoms with Gasteiger partial charge in [-0.3, -0.25) is 0 Å². The molecule has 0 unspecified atom stereocenters. The van der Waals surface area contributed by atoms with E-state index in [1.807, 2.05) is 0 Å². The van der Waals surface area contributed by atoms with Crippen LogP contribution in [0.5, 0.6) is 0 Å². The molecule has 21 heavy (non-hydrogen) atoms. The van der Waals surface area contributed by atoms with Crippen molar-refractivity contribution in [3.63, 3.8) is 0 Å². The first-order chi connectivity index (χ1) is 10.1. The molecule has 2 rings (SSSR count). The van der Waals surface area contributed by atoms with E-state index in [1.54, 1.807) is 6.07 Å². The van der Waals surface area contributed by atoms with Crippen LogP contribution < -0.4 is 10.5 Å². The summed E-state index contributed by atoms with van der Waals surface area (Å²) in [6.45, 7) is 1.04. The lowest BCUT2D eigenvalue weighted by Crippen LogP contribution is -2.20. The van der Waals surface area contributed by atoms with Crippen LogP contribution in [0, 0.1) is 0 Å². The van der Waals surface area contributed by atoms with Crippen LogP contribution in [-0.2, 0) is 14.8 Å². The van der Waals surface area contributed by atoms with Gasteiger partial charge in [-0.25, -0.2) is 18.5 Å². The zero-order valence-electron chi connectivity index (χ0n) is 12.1. The maximum Gasteiger partial charge on any atom is 0.241 e. The molecule has 1 aliphatic rings. The number of primary sulfonamides is 1. The molecule has 0 spiro atoms. The Morgan fingerprint density at radius 1 is 1.29 bits per heavy atom. The molecule has 0 saturated heterocycles. The molecule has 1 aromatic heterocycles. The van der Waals surface area contributed by atoms with Gasteiger partial charge in [0.1, 0.15) is 10.7 Å². The van der Waals surface area contributed by atoms with Crippen molar-refractivity contribution in [2.75, 3.05) is 18.5 Å². The normalized spacial score (nSPS) is 17.4. The van der Waals surface area contributed by atoms with Gasteiger partial charge in [-0.2, -0.15) is 0 Å². The van der Waals surface area contributed by atoms with E-state index in [-0.39, 0.29) is 10.7 Å². The Bertz CT molecular complexity index is 540. The molecule has 0 atom stereocenters. The van der Waals surface area contributed by atoms with Crippen molar-refractivity contribution in [3.8, 4) is 0 Å². The lowest BCUT2D eigenvalue weighted by molar-refractivity contribution is 0.0501. The first-order valence-corrected chi connectivity index (χ1v) is 8.95. The Morgan fingerprint density at radius 2 is 2.00 bits per heavy atom. The third kappa shape index (κ3) is 5.26. The highest BCUT2D eigenvalue weighted by atomic mass is 32.2. The van der Waals surface area contributed by atoms with E-state index in [1.165, 1.54) is 37.9 Å². The molecule has 1 heterocycles. The maximum atomic E-state index is 11.4. The first kappa shape index (κ1) is 16.2. The molecule has 0 aliphatic heterocycles. The number of aromatic nitrogens is 1. The van der Waals surface area contributed by atoms with Gasteiger partial charge < -0.3 is 10.1 Å². The Hall–Kier alpha value is -1.18. The van der Waals surface area contributed by atoms with E-state index < -0.39 is 10.0 Å². The molecule has 0 amide bonds. The molecule has 6 nitrogen and oxygen atoms in total. The lowest BCUT2D eigenvalue weighted by Gasteiger charge is -2.16. The zero-order valence-corrected chi connectivity index (χ0v) is 12.9. The van der Waals surface area contributed by atoms with Crippen LogP contribution in [0.15, 0.2) is 23.2 Å². The number of nitrogens with two attached hydrogens (primary N) is 1. The molecular weight excluding hydrogens is 290 g/mol. The van der Waals surface area contributed by atoms with Gasteiger partial charge in [0.25, 0.3) is 0 Å². The van der Waals surface area contributed by atoms with Crippen LogP contribution in [0.2, 0.25) is 0 Å². The van der Waals surface area contributed by atoms with Crippen LogP contribution in [0.3, 0.4) is 0 Å². The average Bonchev–Trinajstić information content (AvgIpc) is 2.72. The Labute approximate surface area is 126 Å². The van der Waals surface area contributed by atoms with Crippen molar-refractivity contribution in [1.29, 1.82) is 0 Å². The average molecular weight is 313 g/mol. The highest BCUT2D eigenvalue weighted by molar-refractivity contribution is 7.89. The molecule has 0 aromatic carbocycles. The summed E-state index contributed by atoms with van der Waals surface area (Å²) in [4.78, 5) is 4.03. The van der Waals surface area contributed by atoms with Gasteiger partial charge in [0.2, 0.25) is 10.0 Å². The minimum Gasteiger partial charge on any atom is -0.376 e. The third-order valence-corrected chi connectivity index (χ3v) is 4.57. The van der Waals surface area contributed by atoms with Crippen LogP contribution >= 0.6 is 0 Å². The van der Waals surface area contributed by atoms with Crippen molar-refractivity contribution < 1.29 is 13.2 Å². The van der Waals surface area contributed by atoms with Crippen molar-refractivity contribution in [3.05, 3.63) is 18.3 Å². The molecule has 0 bridgehead atoms. The Balaban J connectivity index is 1.81. The SMILES string of the molecule is NS(=O)(=O)c1cccnc1NCCOC1CCCCCC1. The zero-order chi connectivity index (χ0) is 15.1. The topological polar surface area (TPSA) is 94.3 Å². The number of pyridine rings is 1. The minimum absolute atomic E-state index is 0.0134. The number of rotatable bonds is 6. The highest BCUT2D eigenvalue weighted by Gasteiger charge is 2.15. The first-order valence-electron chi connectivity index (χ1n) is 7.40. The second-order valence-corrected chi connectivity index (χ2v) is 6.84. The number of nitrogens with one attached hydrogen (secondary N) is 1. The predicted octanol–water partition coefficient (Wildman–Crippen LogP) is 1.88. The summed E-state index contributed by atoms with van der Waals surface area (Å²) in [5.41, 5.74) is 0. The second-order valence-electron chi connectivity index (χ2n) is 5.31. The minimum atomic E-state index is -3.76. The lowest BCUT2D eigenvalue weighted by atomic mass is 10.1. The Kier molecular flexibility index (Phi) is 5.96. The van der Waals surface area contributed by atoms with E-state index in [2.05, 4.69) is 10.3 Å². The molecule has 1 saturated carbocycles. The second kappa shape index (κ2) is 7.72. The monoisotopic (exact) mass is 313 g/mol. The smallest absolute Gasteiger partial charge is 0.241 e. The molecule has 1 aromatic rings. The summed E-state index contributed by atoms with van der Waals surface area (Å²) in [5.74, 6) is 0.282. The predicted molar refractivity (Wildman–Crippen MR) is 81.5 cm³/mol. The molecule has 1 fully saturated rings. The molecule has 3 N–H and O–H groups in total. The molecular formula is C14H23N3O3S. The van der Waals surface area contributed by atoms with Gasteiger partial charge in [-0.15, -0.1) is 0 Å². The molecule has 1 aliphatic carbocycles. The number of sulfonamides is 1. The summed E-state index contributed by atoms with van der Waals surface area (Å²) >= 11 is 0. The van der Waals surface area contributed by atoms with Gasteiger partial charge >= 0.3 is 0 Å².